The van der Waals surface area contributed by atoms with Gasteiger partial charge in [0.25, 0.3) is 0 Å². The number of carbonyl (C=O) groups excluding carboxylic acids is 2. The first-order valence-electron chi connectivity index (χ1n) is 11.9. The van der Waals surface area contributed by atoms with Crippen molar-refractivity contribution in [1.29, 1.82) is 0 Å². The topological polar surface area (TPSA) is 114 Å². The van der Waals surface area contributed by atoms with Crippen LogP contribution in [-0.4, -0.2) is 71.3 Å². The molecule has 0 aliphatic heterocycles. The van der Waals surface area contributed by atoms with Gasteiger partial charge in [0.2, 0.25) is 21.8 Å². The second-order valence-electron chi connectivity index (χ2n) is 8.67. The molecule has 0 aromatic heterocycles. The Morgan fingerprint density at radius 2 is 1.54 bits per heavy atom. The van der Waals surface area contributed by atoms with E-state index >= 15 is 0 Å². The highest BCUT2D eigenvalue weighted by Crippen LogP contribution is 2.34. The van der Waals surface area contributed by atoms with Crippen LogP contribution in [0.4, 0.5) is 5.69 Å². The number of nitrogens with one attached hydrogen (secondary N) is 1. The average molecular weight is 536 g/mol. The Labute approximate surface area is 219 Å². The summed E-state index contributed by atoms with van der Waals surface area (Å²) in [6.45, 7) is 4.99. The molecule has 204 valence electrons. The lowest BCUT2D eigenvalue weighted by molar-refractivity contribution is -0.139. The van der Waals surface area contributed by atoms with Gasteiger partial charge < -0.3 is 24.4 Å². The maximum atomic E-state index is 13.7. The van der Waals surface area contributed by atoms with Crippen LogP contribution in [0.2, 0.25) is 0 Å². The summed E-state index contributed by atoms with van der Waals surface area (Å²) in [5, 5.41) is 2.90. The van der Waals surface area contributed by atoms with Crippen molar-refractivity contribution in [3.05, 3.63) is 48.0 Å². The van der Waals surface area contributed by atoms with Gasteiger partial charge in [0.05, 0.1) is 33.3 Å². The van der Waals surface area contributed by atoms with Crippen LogP contribution >= 0.6 is 0 Å². The number of anilines is 1. The van der Waals surface area contributed by atoms with Gasteiger partial charge >= 0.3 is 0 Å². The third kappa shape index (κ3) is 8.01. The first-order valence-corrected chi connectivity index (χ1v) is 13.7. The van der Waals surface area contributed by atoms with Crippen LogP contribution < -0.4 is 23.8 Å². The lowest BCUT2D eigenvalue weighted by atomic mass is 10.1. The van der Waals surface area contributed by atoms with E-state index in [0.29, 0.717) is 11.5 Å². The number of methoxy groups -OCH3 is 3. The van der Waals surface area contributed by atoms with Crippen molar-refractivity contribution in [2.75, 3.05) is 38.4 Å². The Hall–Kier alpha value is -3.47. The van der Waals surface area contributed by atoms with E-state index in [2.05, 4.69) is 5.32 Å². The van der Waals surface area contributed by atoms with Crippen LogP contribution in [0, 0.1) is 0 Å². The first-order chi connectivity index (χ1) is 17.4. The van der Waals surface area contributed by atoms with Gasteiger partial charge in [0, 0.05) is 18.7 Å². The number of carbonyl (C=O) groups is 2. The number of sulfonamides is 1. The quantitative estimate of drug-likeness (QED) is 0.419. The summed E-state index contributed by atoms with van der Waals surface area (Å²) < 4.78 is 42.4. The van der Waals surface area contributed by atoms with E-state index in [-0.39, 0.29) is 29.9 Å². The fourth-order valence-electron chi connectivity index (χ4n) is 3.56. The van der Waals surface area contributed by atoms with E-state index in [9.17, 15) is 18.0 Å². The molecule has 11 heteroatoms. The van der Waals surface area contributed by atoms with Crippen LogP contribution in [-0.2, 0) is 26.2 Å². The van der Waals surface area contributed by atoms with Crippen LogP contribution in [0.25, 0.3) is 0 Å². The fourth-order valence-corrected chi connectivity index (χ4v) is 4.41. The summed E-state index contributed by atoms with van der Waals surface area (Å²) in [6.07, 6.45) is 1.73. The fraction of sp³-hybridized carbons (Fsp3) is 0.462. The second kappa shape index (κ2) is 13.2. The zero-order valence-corrected chi connectivity index (χ0v) is 23.3. The number of nitrogens with zero attached hydrogens (tertiary/aromatic N) is 2. The average Bonchev–Trinajstić information content (AvgIpc) is 2.88. The van der Waals surface area contributed by atoms with Crippen LogP contribution in [0.1, 0.15) is 32.8 Å². The van der Waals surface area contributed by atoms with Gasteiger partial charge in [-0.25, -0.2) is 8.42 Å². The molecule has 0 aliphatic carbocycles. The normalized spacial score (nSPS) is 12.7. The molecule has 0 fully saturated rings. The Kier molecular flexibility index (Phi) is 10.6. The summed E-state index contributed by atoms with van der Waals surface area (Å²) in [5.41, 5.74) is 0.904. The lowest BCUT2D eigenvalue weighted by Gasteiger charge is -2.32. The van der Waals surface area contributed by atoms with Crippen molar-refractivity contribution in [2.24, 2.45) is 0 Å². The van der Waals surface area contributed by atoms with Crippen molar-refractivity contribution in [3.8, 4) is 17.2 Å². The predicted molar refractivity (Wildman–Crippen MR) is 143 cm³/mol. The van der Waals surface area contributed by atoms with Gasteiger partial charge in [-0.3, -0.25) is 13.9 Å². The third-order valence-electron chi connectivity index (χ3n) is 6.01. The molecule has 2 aromatic rings. The maximum Gasteiger partial charge on any atom is 0.244 e. The van der Waals surface area contributed by atoms with Gasteiger partial charge in [-0.05, 0) is 50.1 Å². The van der Waals surface area contributed by atoms with Crippen molar-refractivity contribution >= 4 is 27.5 Å². The van der Waals surface area contributed by atoms with E-state index < -0.39 is 28.5 Å². The molecule has 0 heterocycles. The van der Waals surface area contributed by atoms with E-state index in [1.807, 2.05) is 13.8 Å². The van der Waals surface area contributed by atoms with Crippen LogP contribution in [0.5, 0.6) is 17.2 Å². The van der Waals surface area contributed by atoms with E-state index in [0.717, 1.165) is 22.5 Å². The molecular weight excluding hydrogens is 498 g/mol. The standard InChI is InChI=1S/C26H37N3O7S/c1-8-18(2)27-26(31)19(3)28(16-20-9-11-21(34-4)12-10-20)25(30)17-29(37(7,32)33)23-15-22(35-5)13-14-24(23)36-6/h9-15,18-19H,8,16-17H2,1-7H3,(H,27,31)/t18-,19+/m1/s1. The lowest BCUT2D eigenvalue weighted by Crippen LogP contribution is -2.52. The van der Waals surface area contributed by atoms with E-state index in [4.69, 9.17) is 14.2 Å². The molecule has 0 aliphatic rings. The smallest absolute Gasteiger partial charge is 0.244 e. The van der Waals surface area contributed by atoms with Crippen molar-refractivity contribution < 1.29 is 32.2 Å². The third-order valence-corrected chi connectivity index (χ3v) is 7.14. The minimum atomic E-state index is -3.92. The van der Waals surface area contributed by atoms with Gasteiger partial charge in [0.1, 0.15) is 29.8 Å². The maximum absolute atomic E-state index is 13.7. The Bertz CT molecular complexity index is 1170. The summed E-state index contributed by atoms with van der Waals surface area (Å²) in [7, 11) is 0.494. The SMILES string of the molecule is CC[C@@H](C)NC(=O)[C@H](C)N(Cc1ccc(OC)cc1)C(=O)CN(c1cc(OC)ccc1OC)S(C)(=O)=O. The molecule has 37 heavy (non-hydrogen) atoms. The molecular formula is C26H37N3O7S. The Morgan fingerprint density at radius 3 is 2.05 bits per heavy atom. The monoisotopic (exact) mass is 535 g/mol. The van der Waals surface area contributed by atoms with Crippen LogP contribution in [0.3, 0.4) is 0 Å². The number of hydrogen-bond donors (Lipinski definition) is 1. The molecule has 2 rings (SSSR count). The Balaban J connectivity index is 2.47. The van der Waals surface area contributed by atoms with Gasteiger partial charge in [0.15, 0.2) is 0 Å². The Morgan fingerprint density at radius 1 is 0.946 bits per heavy atom. The van der Waals surface area contributed by atoms with E-state index in [1.54, 1.807) is 50.4 Å². The molecule has 0 unspecified atom stereocenters. The minimum Gasteiger partial charge on any atom is -0.497 e. The first kappa shape index (κ1) is 29.8. The van der Waals surface area contributed by atoms with Crippen molar-refractivity contribution in [2.45, 2.75) is 45.8 Å². The summed E-state index contributed by atoms with van der Waals surface area (Å²) in [5.74, 6) is 0.410. The highest BCUT2D eigenvalue weighted by atomic mass is 32.2. The van der Waals surface area contributed by atoms with Crippen LogP contribution in [0.15, 0.2) is 42.5 Å². The molecule has 10 nitrogen and oxygen atoms in total. The minimum absolute atomic E-state index is 0.0820. The molecule has 0 saturated carbocycles. The predicted octanol–water partition coefficient (Wildman–Crippen LogP) is 2.81. The molecule has 0 spiro atoms. The number of amides is 2. The molecule has 2 atom stereocenters. The zero-order valence-electron chi connectivity index (χ0n) is 22.5. The van der Waals surface area contributed by atoms with Gasteiger partial charge in [-0.1, -0.05) is 19.1 Å². The molecule has 0 saturated heterocycles. The molecule has 0 bridgehead atoms. The van der Waals surface area contributed by atoms with Crippen molar-refractivity contribution in [3.63, 3.8) is 0 Å². The highest BCUT2D eigenvalue weighted by Gasteiger charge is 2.31. The molecule has 2 aromatic carbocycles. The van der Waals surface area contributed by atoms with Crippen molar-refractivity contribution in [1.82, 2.24) is 10.2 Å². The summed E-state index contributed by atoms with van der Waals surface area (Å²) >= 11 is 0. The molecule has 1 N–H and O–H groups in total. The summed E-state index contributed by atoms with van der Waals surface area (Å²) in [4.78, 5) is 28.1. The largest absolute Gasteiger partial charge is 0.497 e. The number of benzene rings is 2. The van der Waals surface area contributed by atoms with Gasteiger partial charge in [-0.15, -0.1) is 0 Å². The second-order valence-corrected chi connectivity index (χ2v) is 10.6. The number of rotatable bonds is 13. The van der Waals surface area contributed by atoms with E-state index in [1.165, 1.54) is 25.2 Å². The molecule has 0 radical (unpaired) electrons. The summed E-state index contributed by atoms with van der Waals surface area (Å²) in [6, 6.07) is 10.8. The number of hydrogen-bond acceptors (Lipinski definition) is 7. The number of ether oxygens (including phenoxy) is 3. The highest BCUT2D eigenvalue weighted by molar-refractivity contribution is 7.92. The molecule has 2 amide bonds. The van der Waals surface area contributed by atoms with Gasteiger partial charge in [-0.2, -0.15) is 0 Å². The zero-order chi connectivity index (χ0) is 27.8.